The second-order valence-corrected chi connectivity index (χ2v) is 4.84. The zero-order valence-corrected chi connectivity index (χ0v) is 11.8. The number of aromatic nitrogens is 2. The zero-order valence-electron chi connectivity index (χ0n) is 11.0. The van der Waals surface area contributed by atoms with Crippen molar-refractivity contribution in [3.8, 4) is 0 Å². The molecule has 0 saturated heterocycles. The van der Waals surface area contributed by atoms with Crippen LogP contribution in [0, 0.1) is 0 Å². The molecule has 19 heavy (non-hydrogen) atoms. The topological polar surface area (TPSA) is 55.9 Å². The average molecular weight is 279 g/mol. The predicted octanol–water partition coefficient (Wildman–Crippen LogP) is 2.69. The lowest BCUT2D eigenvalue weighted by atomic mass is 10.0. The number of hydrogen-bond acceptors (Lipinski definition) is 3. The maximum atomic E-state index is 6.20. The fourth-order valence-corrected chi connectivity index (χ4v) is 2.50. The molecule has 0 spiro atoms. The van der Waals surface area contributed by atoms with E-state index in [0.29, 0.717) is 5.02 Å². The fraction of sp³-hybridized carbons (Fsp3) is 0.357. The third-order valence-electron chi connectivity index (χ3n) is 3.23. The summed E-state index contributed by atoms with van der Waals surface area (Å²) in [5.41, 5.74) is 5.10. The summed E-state index contributed by atoms with van der Waals surface area (Å²) in [6, 6.07) is 10.4. The van der Waals surface area contributed by atoms with E-state index in [1.807, 2.05) is 29.8 Å². The first-order valence-electron chi connectivity index (χ1n) is 6.47. The van der Waals surface area contributed by atoms with E-state index in [-0.39, 0.29) is 6.04 Å². The number of nitrogens with two attached hydrogens (primary N) is 1. The van der Waals surface area contributed by atoms with Gasteiger partial charge in [0.15, 0.2) is 0 Å². The second kappa shape index (κ2) is 6.70. The minimum atomic E-state index is 0.00940. The van der Waals surface area contributed by atoms with Crippen molar-refractivity contribution in [2.24, 2.45) is 5.84 Å². The van der Waals surface area contributed by atoms with E-state index in [1.165, 1.54) is 5.56 Å². The van der Waals surface area contributed by atoms with Gasteiger partial charge in [-0.25, -0.2) is 0 Å². The lowest BCUT2D eigenvalue weighted by Crippen LogP contribution is -2.30. The first-order valence-corrected chi connectivity index (χ1v) is 6.85. The molecule has 2 aromatic rings. The van der Waals surface area contributed by atoms with Gasteiger partial charge in [-0.15, -0.1) is 0 Å². The van der Waals surface area contributed by atoms with Crippen molar-refractivity contribution in [1.82, 2.24) is 15.2 Å². The Hall–Kier alpha value is -1.36. The Kier molecular flexibility index (Phi) is 4.96. The van der Waals surface area contributed by atoms with Crippen LogP contribution in [0.3, 0.4) is 0 Å². The Bertz CT molecular complexity index is 509. The molecule has 0 saturated carbocycles. The third kappa shape index (κ3) is 3.35. The van der Waals surface area contributed by atoms with Gasteiger partial charge in [0.1, 0.15) is 0 Å². The number of nitrogens with zero attached hydrogens (tertiary/aromatic N) is 2. The molecule has 0 aliphatic carbocycles. The van der Waals surface area contributed by atoms with E-state index in [2.05, 4.69) is 22.7 Å². The molecule has 1 heterocycles. The zero-order chi connectivity index (χ0) is 13.7. The van der Waals surface area contributed by atoms with E-state index in [0.717, 1.165) is 25.1 Å². The highest BCUT2D eigenvalue weighted by Crippen LogP contribution is 2.25. The third-order valence-corrected chi connectivity index (χ3v) is 3.52. The fourth-order valence-electron chi connectivity index (χ4n) is 2.23. The van der Waals surface area contributed by atoms with Crippen molar-refractivity contribution in [1.29, 1.82) is 0 Å². The standard InChI is InChI=1S/C14H19ClN4/c1-2-19-14(12(15)10-17-19)13(18-16)9-8-11-6-4-3-5-7-11/h3-7,10,13,18H,2,8-9,16H2,1H3. The van der Waals surface area contributed by atoms with Crippen molar-refractivity contribution in [3.63, 3.8) is 0 Å². The van der Waals surface area contributed by atoms with E-state index < -0.39 is 0 Å². The molecule has 0 aliphatic rings. The van der Waals surface area contributed by atoms with Crippen LogP contribution in [0.25, 0.3) is 0 Å². The van der Waals surface area contributed by atoms with Gasteiger partial charge in [0.25, 0.3) is 0 Å². The van der Waals surface area contributed by atoms with Crippen molar-refractivity contribution >= 4 is 11.6 Å². The summed E-state index contributed by atoms with van der Waals surface area (Å²) in [6.07, 6.45) is 3.50. The molecule has 1 atom stereocenters. The molecule has 0 aliphatic heterocycles. The van der Waals surface area contributed by atoms with Crippen LogP contribution >= 0.6 is 11.6 Å². The van der Waals surface area contributed by atoms with Gasteiger partial charge in [-0.05, 0) is 25.3 Å². The number of nitrogens with one attached hydrogen (secondary N) is 1. The van der Waals surface area contributed by atoms with Gasteiger partial charge in [-0.2, -0.15) is 5.10 Å². The average Bonchev–Trinajstić information content (AvgIpc) is 2.82. The summed E-state index contributed by atoms with van der Waals surface area (Å²) in [4.78, 5) is 0. The molecule has 0 radical (unpaired) electrons. The van der Waals surface area contributed by atoms with Gasteiger partial charge in [-0.3, -0.25) is 16.0 Å². The Morgan fingerprint density at radius 3 is 2.74 bits per heavy atom. The maximum absolute atomic E-state index is 6.20. The van der Waals surface area contributed by atoms with Crippen LogP contribution in [0.2, 0.25) is 5.02 Å². The summed E-state index contributed by atoms with van der Waals surface area (Å²) >= 11 is 6.20. The summed E-state index contributed by atoms with van der Waals surface area (Å²) < 4.78 is 1.89. The second-order valence-electron chi connectivity index (χ2n) is 4.44. The van der Waals surface area contributed by atoms with E-state index in [1.54, 1.807) is 6.20 Å². The van der Waals surface area contributed by atoms with Gasteiger partial charge in [0.2, 0.25) is 0 Å². The summed E-state index contributed by atoms with van der Waals surface area (Å²) in [5.74, 6) is 5.67. The Morgan fingerprint density at radius 2 is 2.11 bits per heavy atom. The molecule has 0 bridgehead atoms. The quantitative estimate of drug-likeness (QED) is 0.631. The summed E-state index contributed by atoms with van der Waals surface area (Å²) in [5, 5.41) is 4.91. The van der Waals surface area contributed by atoms with Crippen molar-refractivity contribution in [3.05, 3.63) is 52.8 Å². The summed E-state index contributed by atoms with van der Waals surface area (Å²) in [7, 11) is 0. The molecule has 0 amide bonds. The lowest BCUT2D eigenvalue weighted by Gasteiger charge is -2.18. The van der Waals surface area contributed by atoms with Gasteiger partial charge in [0.05, 0.1) is 23.0 Å². The summed E-state index contributed by atoms with van der Waals surface area (Å²) in [6.45, 7) is 2.82. The van der Waals surface area contributed by atoms with Crippen LogP contribution in [0.15, 0.2) is 36.5 Å². The molecule has 3 N–H and O–H groups in total. The molecule has 1 unspecified atom stereocenters. The highest BCUT2D eigenvalue weighted by molar-refractivity contribution is 6.31. The minimum Gasteiger partial charge on any atom is -0.271 e. The first-order chi connectivity index (χ1) is 9.26. The molecule has 4 nitrogen and oxygen atoms in total. The number of hydrazine groups is 1. The number of aryl methyl sites for hydroxylation is 2. The molecule has 1 aromatic carbocycles. The Morgan fingerprint density at radius 1 is 1.37 bits per heavy atom. The highest BCUT2D eigenvalue weighted by Gasteiger charge is 2.18. The van der Waals surface area contributed by atoms with Gasteiger partial charge in [-0.1, -0.05) is 41.9 Å². The van der Waals surface area contributed by atoms with Crippen LogP contribution in [0.5, 0.6) is 0 Å². The van der Waals surface area contributed by atoms with Crippen LogP contribution in [0.4, 0.5) is 0 Å². The van der Waals surface area contributed by atoms with Crippen molar-refractivity contribution in [2.45, 2.75) is 32.4 Å². The van der Waals surface area contributed by atoms with Gasteiger partial charge in [0, 0.05) is 6.54 Å². The largest absolute Gasteiger partial charge is 0.271 e. The van der Waals surface area contributed by atoms with Crippen LogP contribution in [-0.4, -0.2) is 9.78 Å². The molecular formula is C14H19ClN4. The molecule has 102 valence electrons. The van der Waals surface area contributed by atoms with Crippen molar-refractivity contribution in [2.75, 3.05) is 0 Å². The molecule has 0 fully saturated rings. The van der Waals surface area contributed by atoms with E-state index >= 15 is 0 Å². The monoisotopic (exact) mass is 278 g/mol. The predicted molar refractivity (Wildman–Crippen MR) is 77.7 cm³/mol. The number of hydrogen-bond donors (Lipinski definition) is 2. The van der Waals surface area contributed by atoms with E-state index in [4.69, 9.17) is 17.4 Å². The van der Waals surface area contributed by atoms with E-state index in [9.17, 15) is 0 Å². The maximum Gasteiger partial charge on any atom is 0.0834 e. The molecular weight excluding hydrogens is 260 g/mol. The Balaban J connectivity index is 2.10. The molecule has 5 heteroatoms. The smallest absolute Gasteiger partial charge is 0.0834 e. The van der Waals surface area contributed by atoms with Gasteiger partial charge >= 0.3 is 0 Å². The Labute approximate surface area is 118 Å². The SMILES string of the molecule is CCn1ncc(Cl)c1C(CCc1ccccc1)NN. The van der Waals surface area contributed by atoms with Gasteiger partial charge < -0.3 is 0 Å². The van der Waals surface area contributed by atoms with Crippen LogP contribution < -0.4 is 11.3 Å². The lowest BCUT2D eigenvalue weighted by molar-refractivity contribution is 0.467. The number of benzene rings is 1. The molecule has 2 rings (SSSR count). The minimum absolute atomic E-state index is 0.00940. The van der Waals surface area contributed by atoms with Crippen molar-refractivity contribution < 1.29 is 0 Å². The van der Waals surface area contributed by atoms with Crippen LogP contribution in [0.1, 0.15) is 30.6 Å². The molecule has 1 aromatic heterocycles. The van der Waals surface area contributed by atoms with Crippen LogP contribution in [-0.2, 0) is 13.0 Å². The number of halogens is 1. The first kappa shape index (κ1) is 14.1. The highest BCUT2D eigenvalue weighted by atomic mass is 35.5. The normalized spacial score (nSPS) is 12.6. The number of rotatable bonds is 6.